The van der Waals surface area contributed by atoms with E-state index in [9.17, 15) is 0 Å². The molecule has 0 saturated carbocycles. The van der Waals surface area contributed by atoms with Crippen molar-refractivity contribution in [2.45, 2.75) is 39.2 Å². The molecule has 2 atom stereocenters. The second kappa shape index (κ2) is 5.91. The molecule has 3 nitrogen and oxygen atoms in total. The molecule has 116 valence electrons. The van der Waals surface area contributed by atoms with Gasteiger partial charge in [-0.05, 0) is 62.1 Å². The lowest BCUT2D eigenvalue weighted by Crippen LogP contribution is -2.19. The van der Waals surface area contributed by atoms with Gasteiger partial charge in [0.15, 0.2) is 0 Å². The third kappa shape index (κ3) is 2.76. The number of rotatable bonds is 4. The summed E-state index contributed by atoms with van der Waals surface area (Å²) in [4.78, 5) is 0. The number of nitrogens with one attached hydrogen (secondary N) is 2. The van der Waals surface area contributed by atoms with Gasteiger partial charge in [-0.2, -0.15) is 0 Å². The summed E-state index contributed by atoms with van der Waals surface area (Å²) in [5.41, 5.74) is 13.1. The molecule has 4 N–H and O–H groups in total. The standard InChI is InChI=1S/C19H25N3/c1-12-5-4-6-17-16(14(3)22-19(12)17)9-10-21-18-8-7-15(20)11-13(18)2/h4-8,11,14,16,21-22H,9-10,20H2,1-3H3/t14-,16?/m1/s1. The molecule has 2 aromatic carbocycles. The first kappa shape index (κ1) is 14.8. The van der Waals surface area contributed by atoms with Crippen LogP contribution >= 0.6 is 0 Å². The van der Waals surface area contributed by atoms with Crippen LogP contribution in [-0.2, 0) is 0 Å². The zero-order valence-corrected chi connectivity index (χ0v) is 13.6. The van der Waals surface area contributed by atoms with E-state index < -0.39 is 0 Å². The van der Waals surface area contributed by atoms with Crippen molar-refractivity contribution in [3.63, 3.8) is 0 Å². The predicted octanol–water partition coefficient (Wildman–Crippen LogP) is 4.29. The average molecular weight is 295 g/mol. The number of hydrogen-bond acceptors (Lipinski definition) is 3. The first-order valence-electron chi connectivity index (χ1n) is 8.02. The van der Waals surface area contributed by atoms with Crippen LogP contribution in [0.15, 0.2) is 36.4 Å². The molecule has 1 aliphatic heterocycles. The summed E-state index contributed by atoms with van der Waals surface area (Å²) in [5.74, 6) is 0.566. The van der Waals surface area contributed by atoms with Crippen LogP contribution in [0.5, 0.6) is 0 Å². The Hall–Kier alpha value is -2.16. The second-order valence-electron chi connectivity index (χ2n) is 6.37. The number of anilines is 3. The number of nitrogen functional groups attached to an aromatic ring is 1. The van der Waals surface area contributed by atoms with Gasteiger partial charge in [0, 0.05) is 35.6 Å². The molecule has 0 radical (unpaired) electrons. The van der Waals surface area contributed by atoms with Crippen molar-refractivity contribution in [3.8, 4) is 0 Å². The van der Waals surface area contributed by atoms with Gasteiger partial charge in [-0.25, -0.2) is 0 Å². The maximum atomic E-state index is 5.81. The second-order valence-corrected chi connectivity index (χ2v) is 6.37. The number of aryl methyl sites for hydroxylation is 2. The molecule has 0 spiro atoms. The van der Waals surface area contributed by atoms with E-state index in [0.29, 0.717) is 12.0 Å². The molecule has 0 fully saturated rings. The van der Waals surface area contributed by atoms with E-state index in [2.05, 4.69) is 55.7 Å². The van der Waals surface area contributed by atoms with Gasteiger partial charge < -0.3 is 16.4 Å². The Labute approximate surface area is 132 Å². The van der Waals surface area contributed by atoms with Gasteiger partial charge >= 0.3 is 0 Å². The van der Waals surface area contributed by atoms with Gasteiger partial charge in [0.05, 0.1) is 0 Å². The van der Waals surface area contributed by atoms with Crippen LogP contribution in [0.1, 0.15) is 36.0 Å². The van der Waals surface area contributed by atoms with Crippen LogP contribution in [0.2, 0.25) is 0 Å². The molecule has 3 heteroatoms. The minimum Gasteiger partial charge on any atom is -0.399 e. The average Bonchev–Trinajstić information content (AvgIpc) is 2.79. The zero-order chi connectivity index (χ0) is 15.7. The summed E-state index contributed by atoms with van der Waals surface area (Å²) in [6, 6.07) is 13.1. The van der Waals surface area contributed by atoms with Crippen LogP contribution in [0.3, 0.4) is 0 Å². The smallest absolute Gasteiger partial charge is 0.0408 e. The van der Waals surface area contributed by atoms with Crippen LogP contribution in [-0.4, -0.2) is 12.6 Å². The monoisotopic (exact) mass is 295 g/mol. The summed E-state index contributed by atoms with van der Waals surface area (Å²) < 4.78 is 0. The number of benzene rings is 2. The van der Waals surface area contributed by atoms with Crippen LogP contribution in [0.4, 0.5) is 17.1 Å². The molecule has 2 aromatic rings. The topological polar surface area (TPSA) is 50.1 Å². The minimum absolute atomic E-state index is 0.491. The fraction of sp³-hybridized carbons (Fsp3) is 0.368. The fourth-order valence-electron chi connectivity index (χ4n) is 3.45. The number of nitrogens with two attached hydrogens (primary N) is 1. The van der Waals surface area contributed by atoms with Crippen LogP contribution < -0.4 is 16.4 Å². The van der Waals surface area contributed by atoms with Crippen molar-refractivity contribution in [1.82, 2.24) is 0 Å². The summed E-state index contributed by atoms with van der Waals surface area (Å²) in [7, 11) is 0. The Balaban J connectivity index is 1.66. The lowest BCUT2D eigenvalue weighted by atomic mass is 9.92. The Morgan fingerprint density at radius 2 is 1.95 bits per heavy atom. The summed E-state index contributed by atoms with van der Waals surface area (Å²) in [6.07, 6.45) is 1.12. The van der Waals surface area contributed by atoms with Crippen molar-refractivity contribution in [1.29, 1.82) is 0 Å². The Bertz CT molecular complexity index is 678. The highest BCUT2D eigenvalue weighted by Crippen LogP contribution is 2.39. The highest BCUT2D eigenvalue weighted by atomic mass is 15.0. The lowest BCUT2D eigenvalue weighted by molar-refractivity contribution is 0.599. The van der Waals surface area contributed by atoms with Gasteiger partial charge in [-0.1, -0.05) is 18.2 Å². The molecule has 0 bridgehead atoms. The maximum Gasteiger partial charge on any atom is 0.0408 e. The van der Waals surface area contributed by atoms with Crippen molar-refractivity contribution in [3.05, 3.63) is 53.1 Å². The maximum absolute atomic E-state index is 5.81. The number of hydrogen-bond donors (Lipinski definition) is 3. The van der Waals surface area contributed by atoms with Gasteiger partial charge in [0.25, 0.3) is 0 Å². The predicted molar refractivity (Wildman–Crippen MR) is 95.7 cm³/mol. The van der Waals surface area contributed by atoms with Crippen molar-refractivity contribution in [2.24, 2.45) is 0 Å². The van der Waals surface area contributed by atoms with Crippen molar-refractivity contribution >= 4 is 17.1 Å². The minimum atomic E-state index is 0.491. The normalized spacial score (nSPS) is 19.6. The van der Waals surface area contributed by atoms with Crippen molar-refractivity contribution in [2.75, 3.05) is 22.9 Å². The van der Waals surface area contributed by atoms with Crippen LogP contribution in [0, 0.1) is 13.8 Å². The molecule has 3 rings (SSSR count). The third-order valence-corrected chi connectivity index (χ3v) is 4.70. The Kier molecular flexibility index (Phi) is 3.97. The molecule has 0 amide bonds. The van der Waals surface area contributed by atoms with Crippen molar-refractivity contribution < 1.29 is 0 Å². The highest BCUT2D eigenvalue weighted by molar-refractivity contribution is 5.64. The van der Waals surface area contributed by atoms with E-state index in [1.54, 1.807) is 0 Å². The van der Waals surface area contributed by atoms with E-state index in [4.69, 9.17) is 5.73 Å². The van der Waals surface area contributed by atoms with E-state index in [0.717, 1.165) is 18.7 Å². The quantitative estimate of drug-likeness (QED) is 0.738. The lowest BCUT2D eigenvalue weighted by Gasteiger charge is -2.17. The third-order valence-electron chi connectivity index (χ3n) is 4.70. The largest absolute Gasteiger partial charge is 0.399 e. The van der Waals surface area contributed by atoms with E-state index in [-0.39, 0.29) is 0 Å². The molecule has 1 aliphatic rings. The van der Waals surface area contributed by atoms with Gasteiger partial charge in [0.1, 0.15) is 0 Å². The van der Waals surface area contributed by atoms with E-state index >= 15 is 0 Å². The zero-order valence-electron chi connectivity index (χ0n) is 13.6. The van der Waals surface area contributed by atoms with E-state index in [1.165, 1.54) is 28.1 Å². The number of fused-ring (bicyclic) bond motifs is 1. The van der Waals surface area contributed by atoms with Gasteiger partial charge in [-0.3, -0.25) is 0 Å². The van der Waals surface area contributed by atoms with E-state index in [1.807, 2.05) is 12.1 Å². The summed E-state index contributed by atoms with van der Waals surface area (Å²) >= 11 is 0. The SMILES string of the molecule is Cc1cc(N)ccc1NCCC1c2cccc(C)c2N[C@@H]1C. The molecule has 0 aromatic heterocycles. The molecule has 0 aliphatic carbocycles. The summed E-state index contributed by atoms with van der Waals surface area (Å²) in [5, 5.41) is 7.19. The Morgan fingerprint density at radius 1 is 1.14 bits per heavy atom. The summed E-state index contributed by atoms with van der Waals surface area (Å²) in [6.45, 7) is 7.52. The van der Waals surface area contributed by atoms with Crippen LogP contribution in [0.25, 0.3) is 0 Å². The van der Waals surface area contributed by atoms with Gasteiger partial charge in [-0.15, -0.1) is 0 Å². The molecular weight excluding hydrogens is 270 g/mol. The Morgan fingerprint density at radius 3 is 2.73 bits per heavy atom. The molecule has 22 heavy (non-hydrogen) atoms. The van der Waals surface area contributed by atoms with Gasteiger partial charge in [0.2, 0.25) is 0 Å². The molecular formula is C19H25N3. The molecule has 1 heterocycles. The highest BCUT2D eigenvalue weighted by Gasteiger charge is 2.29. The molecule has 0 saturated heterocycles. The number of para-hydroxylation sites is 1. The molecule has 1 unspecified atom stereocenters. The first-order chi connectivity index (χ1) is 10.6. The first-order valence-corrected chi connectivity index (χ1v) is 8.02. The fourth-order valence-corrected chi connectivity index (χ4v) is 3.45.